The number of aromatic amines is 1. The van der Waals surface area contributed by atoms with Crippen LogP contribution in [-0.2, 0) is 4.79 Å². The number of amides is 1. The van der Waals surface area contributed by atoms with Gasteiger partial charge in [0.1, 0.15) is 11.4 Å². The lowest BCUT2D eigenvalue weighted by molar-refractivity contribution is -0.129. The molecule has 0 spiro atoms. The summed E-state index contributed by atoms with van der Waals surface area (Å²) < 4.78 is 30.1. The maximum Gasteiger partial charge on any atom is 0.259 e. The first-order valence-electron chi connectivity index (χ1n) is 10.6. The summed E-state index contributed by atoms with van der Waals surface area (Å²) in [5.41, 5.74) is 1.55. The number of rotatable bonds is 3. The summed E-state index contributed by atoms with van der Waals surface area (Å²) >= 11 is 0. The molecule has 1 N–H and O–H groups in total. The Labute approximate surface area is 187 Å². The highest BCUT2D eigenvalue weighted by Crippen LogP contribution is 2.30. The van der Waals surface area contributed by atoms with Crippen molar-refractivity contribution in [1.82, 2.24) is 19.7 Å². The molecule has 0 unspecified atom stereocenters. The Bertz CT molecular complexity index is 1380. The van der Waals surface area contributed by atoms with Crippen LogP contribution in [0, 0.1) is 11.6 Å². The topological polar surface area (TPSA) is 74.2 Å². The number of benzene rings is 2. The smallest absolute Gasteiger partial charge is 0.259 e. The Morgan fingerprint density at radius 3 is 2.27 bits per heavy atom. The highest BCUT2D eigenvalue weighted by atomic mass is 19.1. The Morgan fingerprint density at radius 1 is 0.970 bits per heavy atom. The first-order chi connectivity index (χ1) is 15.9. The van der Waals surface area contributed by atoms with Crippen LogP contribution in [0.1, 0.15) is 6.92 Å². The normalized spacial score (nSPS) is 14.2. The molecule has 7 nitrogen and oxygen atoms in total. The van der Waals surface area contributed by atoms with E-state index in [0.717, 1.165) is 35.6 Å². The van der Waals surface area contributed by atoms with E-state index >= 15 is 0 Å². The fourth-order valence-electron chi connectivity index (χ4n) is 4.25. The summed E-state index contributed by atoms with van der Waals surface area (Å²) in [6.07, 6.45) is 1.43. The van der Waals surface area contributed by atoms with Crippen LogP contribution in [0.3, 0.4) is 0 Å². The van der Waals surface area contributed by atoms with Gasteiger partial charge in [-0.05, 0) is 30.3 Å². The van der Waals surface area contributed by atoms with Crippen LogP contribution in [0.2, 0.25) is 0 Å². The lowest BCUT2D eigenvalue weighted by Crippen LogP contribution is -2.48. The maximum absolute atomic E-state index is 14.5. The average Bonchev–Trinajstić information content (AvgIpc) is 3.20. The van der Waals surface area contributed by atoms with Crippen molar-refractivity contribution in [2.45, 2.75) is 6.92 Å². The van der Waals surface area contributed by atoms with Crippen LogP contribution in [0.15, 0.2) is 59.5 Å². The van der Waals surface area contributed by atoms with E-state index in [4.69, 9.17) is 0 Å². The number of para-hydroxylation sites is 1. The monoisotopic (exact) mass is 449 g/mol. The van der Waals surface area contributed by atoms with Gasteiger partial charge in [0.05, 0.1) is 10.9 Å². The van der Waals surface area contributed by atoms with Crippen molar-refractivity contribution in [3.05, 3.63) is 76.7 Å². The average molecular weight is 449 g/mol. The van der Waals surface area contributed by atoms with E-state index in [2.05, 4.69) is 15.0 Å². The van der Waals surface area contributed by atoms with E-state index in [1.54, 1.807) is 13.0 Å². The number of anilines is 1. The molecule has 1 amide bonds. The van der Waals surface area contributed by atoms with Crippen molar-refractivity contribution < 1.29 is 13.6 Å². The molecular formula is C24H21F2N5O2. The first-order valence-corrected chi connectivity index (χ1v) is 10.6. The lowest BCUT2D eigenvalue weighted by Gasteiger charge is -2.35. The first kappa shape index (κ1) is 20.9. The number of halogens is 2. The molecule has 1 fully saturated rings. The Kier molecular flexibility index (Phi) is 5.16. The number of nitrogens with one attached hydrogen (secondary N) is 1. The van der Waals surface area contributed by atoms with Gasteiger partial charge >= 0.3 is 0 Å². The number of piperazine rings is 1. The van der Waals surface area contributed by atoms with Crippen LogP contribution < -0.4 is 10.5 Å². The van der Waals surface area contributed by atoms with Crippen LogP contribution >= 0.6 is 0 Å². The number of H-pyrrole nitrogens is 1. The molecule has 1 saturated heterocycles. The van der Waals surface area contributed by atoms with Crippen LogP contribution in [0.25, 0.3) is 27.8 Å². The largest absolute Gasteiger partial charge is 0.368 e. The molecule has 0 atom stereocenters. The molecule has 1 aliphatic rings. The van der Waals surface area contributed by atoms with Gasteiger partial charge in [0.2, 0.25) is 5.91 Å². The van der Waals surface area contributed by atoms with Gasteiger partial charge < -0.3 is 14.8 Å². The fourth-order valence-corrected chi connectivity index (χ4v) is 4.25. The Morgan fingerprint density at radius 2 is 1.64 bits per heavy atom. The molecule has 0 saturated carbocycles. The zero-order valence-electron chi connectivity index (χ0n) is 17.9. The maximum atomic E-state index is 14.5. The summed E-state index contributed by atoms with van der Waals surface area (Å²) in [6, 6.07) is 12.7. The Balaban J connectivity index is 1.55. The predicted octanol–water partition coefficient (Wildman–Crippen LogP) is 3.33. The van der Waals surface area contributed by atoms with E-state index < -0.39 is 17.2 Å². The molecule has 2 aromatic carbocycles. The summed E-state index contributed by atoms with van der Waals surface area (Å²) in [5, 5.41) is 4.70. The fraction of sp³-hybridized carbons (Fsp3) is 0.208. The molecule has 5 rings (SSSR count). The molecule has 2 aromatic heterocycles. The summed E-state index contributed by atoms with van der Waals surface area (Å²) in [6.45, 7) is 4.35. The standard InChI is InChI=1S/C24H21F2N5O2/c1-15(32)29-11-13-30(14-12-29)17-7-5-16(6-8-17)22-21-20(9-10-27-24(21)33)31(28-22)23-18(25)3-2-4-19(23)26/h2-10H,11-14H2,1H3,(H,27,33). The van der Waals surface area contributed by atoms with Gasteiger partial charge in [-0.1, -0.05) is 18.2 Å². The summed E-state index contributed by atoms with van der Waals surface area (Å²) in [7, 11) is 0. The second kappa shape index (κ2) is 8.16. The van der Waals surface area contributed by atoms with Crippen molar-refractivity contribution in [3.63, 3.8) is 0 Å². The van der Waals surface area contributed by atoms with Crippen LogP contribution in [-0.4, -0.2) is 51.8 Å². The highest BCUT2D eigenvalue weighted by Gasteiger charge is 2.22. The number of fused-ring (bicyclic) bond motifs is 1. The number of hydrogen-bond donors (Lipinski definition) is 1. The summed E-state index contributed by atoms with van der Waals surface area (Å²) in [5.74, 6) is -1.47. The van der Waals surface area contributed by atoms with E-state index in [1.807, 2.05) is 29.2 Å². The minimum atomic E-state index is -0.772. The summed E-state index contributed by atoms with van der Waals surface area (Å²) in [4.78, 5) is 30.8. The van der Waals surface area contributed by atoms with Gasteiger partial charge in [0.25, 0.3) is 5.56 Å². The van der Waals surface area contributed by atoms with Crippen LogP contribution in [0.4, 0.5) is 14.5 Å². The second-order valence-electron chi connectivity index (χ2n) is 7.94. The molecule has 33 heavy (non-hydrogen) atoms. The molecule has 168 valence electrons. The van der Waals surface area contributed by atoms with Crippen LogP contribution in [0.5, 0.6) is 0 Å². The van der Waals surface area contributed by atoms with Gasteiger partial charge in [-0.15, -0.1) is 0 Å². The highest BCUT2D eigenvalue weighted by molar-refractivity contribution is 5.93. The molecule has 9 heteroatoms. The lowest BCUT2D eigenvalue weighted by atomic mass is 10.1. The molecule has 1 aliphatic heterocycles. The number of aromatic nitrogens is 3. The van der Waals surface area contributed by atoms with Crippen molar-refractivity contribution >= 4 is 22.5 Å². The van der Waals surface area contributed by atoms with Crippen molar-refractivity contribution in [2.75, 3.05) is 31.1 Å². The third-order valence-electron chi connectivity index (χ3n) is 5.98. The quantitative estimate of drug-likeness (QED) is 0.521. The van der Waals surface area contributed by atoms with Gasteiger partial charge in [-0.25, -0.2) is 13.5 Å². The minimum absolute atomic E-state index is 0.0731. The minimum Gasteiger partial charge on any atom is -0.368 e. The number of pyridine rings is 1. The van der Waals surface area contributed by atoms with E-state index in [9.17, 15) is 18.4 Å². The number of nitrogens with zero attached hydrogens (tertiary/aromatic N) is 4. The molecule has 3 heterocycles. The van der Waals surface area contributed by atoms with E-state index in [0.29, 0.717) is 29.9 Å². The van der Waals surface area contributed by atoms with Gasteiger partial charge in [-0.2, -0.15) is 5.10 Å². The second-order valence-corrected chi connectivity index (χ2v) is 7.94. The van der Waals surface area contributed by atoms with Gasteiger partial charge in [0, 0.05) is 50.6 Å². The molecule has 0 aliphatic carbocycles. The number of carbonyl (C=O) groups excluding carboxylic acids is 1. The van der Waals surface area contributed by atoms with E-state index in [-0.39, 0.29) is 17.0 Å². The number of carbonyl (C=O) groups is 1. The molecule has 0 bridgehead atoms. The van der Waals surface area contributed by atoms with E-state index in [1.165, 1.54) is 12.3 Å². The van der Waals surface area contributed by atoms with Crippen molar-refractivity contribution in [3.8, 4) is 16.9 Å². The van der Waals surface area contributed by atoms with Crippen molar-refractivity contribution in [2.24, 2.45) is 0 Å². The van der Waals surface area contributed by atoms with Gasteiger partial charge in [-0.3, -0.25) is 9.59 Å². The number of hydrogen-bond acceptors (Lipinski definition) is 4. The van der Waals surface area contributed by atoms with Crippen molar-refractivity contribution in [1.29, 1.82) is 0 Å². The molecular weight excluding hydrogens is 428 g/mol. The van der Waals surface area contributed by atoms with Gasteiger partial charge in [0.15, 0.2) is 11.6 Å². The third kappa shape index (κ3) is 3.65. The Hall–Kier alpha value is -4.01. The zero-order chi connectivity index (χ0) is 23.1. The predicted molar refractivity (Wildman–Crippen MR) is 122 cm³/mol. The molecule has 4 aromatic rings. The molecule has 0 radical (unpaired) electrons. The third-order valence-corrected chi connectivity index (χ3v) is 5.98. The SMILES string of the molecule is CC(=O)N1CCN(c2ccc(-c3nn(-c4c(F)cccc4F)c4cc[nH]c(=O)c34)cc2)CC1. The zero-order valence-corrected chi connectivity index (χ0v) is 17.9.